The number of hydrogen-bond donors (Lipinski definition) is 1. The molecule has 0 aromatic heterocycles. The van der Waals surface area contributed by atoms with E-state index in [-0.39, 0.29) is 6.54 Å². The van der Waals surface area contributed by atoms with E-state index in [0.29, 0.717) is 16.5 Å². The van der Waals surface area contributed by atoms with Gasteiger partial charge in [0.25, 0.3) is 0 Å². The van der Waals surface area contributed by atoms with Gasteiger partial charge < -0.3 is 5.73 Å². The predicted molar refractivity (Wildman–Crippen MR) is 67.5 cm³/mol. The van der Waals surface area contributed by atoms with Crippen molar-refractivity contribution in [1.82, 2.24) is 0 Å². The molecule has 1 atom stereocenters. The van der Waals surface area contributed by atoms with Crippen molar-refractivity contribution < 1.29 is 4.39 Å². The first-order valence-corrected chi connectivity index (χ1v) is 5.92. The predicted octanol–water partition coefficient (Wildman–Crippen LogP) is 3.68. The Balaban J connectivity index is 2.99. The Bertz CT molecular complexity index is 361. The third-order valence-corrected chi connectivity index (χ3v) is 3.02. The molecule has 16 heavy (non-hydrogen) atoms. The van der Waals surface area contributed by atoms with Crippen molar-refractivity contribution in [2.75, 3.05) is 6.54 Å². The van der Waals surface area contributed by atoms with Crippen LogP contribution < -0.4 is 5.73 Å². The van der Waals surface area contributed by atoms with Crippen molar-refractivity contribution in [1.29, 1.82) is 0 Å². The number of benzene rings is 1. The fourth-order valence-electron chi connectivity index (χ4n) is 1.59. The highest BCUT2D eigenvalue weighted by molar-refractivity contribution is 6.31. The smallest absolute Gasteiger partial charge is 0.145 e. The number of nitrogens with two attached hydrogens (primary N) is 1. The average Bonchev–Trinajstić information content (AvgIpc) is 2.20. The van der Waals surface area contributed by atoms with Crippen molar-refractivity contribution in [2.45, 2.75) is 32.9 Å². The van der Waals surface area contributed by atoms with Crippen LogP contribution in [0.1, 0.15) is 31.9 Å². The van der Waals surface area contributed by atoms with E-state index in [1.54, 1.807) is 12.1 Å². The highest BCUT2D eigenvalue weighted by atomic mass is 35.5. The molecule has 0 spiro atoms. The quantitative estimate of drug-likeness (QED) is 0.858. The Hall–Kier alpha value is -0.600. The molecular formula is C13H19ClFN. The Morgan fingerprint density at radius 3 is 2.50 bits per heavy atom. The summed E-state index contributed by atoms with van der Waals surface area (Å²) in [6.45, 7) is 5.69. The maximum absolute atomic E-state index is 13.9. The van der Waals surface area contributed by atoms with E-state index in [2.05, 4.69) is 13.8 Å². The molecule has 90 valence electrons. The lowest BCUT2D eigenvalue weighted by atomic mass is 9.95. The van der Waals surface area contributed by atoms with Gasteiger partial charge in [-0.05, 0) is 36.5 Å². The van der Waals surface area contributed by atoms with Crippen LogP contribution in [-0.2, 0) is 12.1 Å². The molecule has 0 bridgehead atoms. The Kier molecular flexibility index (Phi) is 4.34. The molecule has 0 radical (unpaired) electrons. The summed E-state index contributed by atoms with van der Waals surface area (Å²) < 4.78 is 13.9. The summed E-state index contributed by atoms with van der Waals surface area (Å²) in [7, 11) is 0. The minimum Gasteiger partial charge on any atom is -0.327 e. The van der Waals surface area contributed by atoms with Gasteiger partial charge in [0, 0.05) is 11.6 Å². The second kappa shape index (κ2) is 5.15. The van der Waals surface area contributed by atoms with Crippen molar-refractivity contribution in [3.05, 3.63) is 34.3 Å². The Labute approximate surface area is 102 Å². The minimum atomic E-state index is -1.50. The molecule has 0 heterocycles. The molecule has 0 aliphatic carbocycles. The van der Waals surface area contributed by atoms with Crippen molar-refractivity contribution >= 4 is 11.6 Å². The summed E-state index contributed by atoms with van der Waals surface area (Å²) >= 11 is 6.13. The summed E-state index contributed by atoms with van der Waals surface area (Å²) in [6.07, 6.45) is 0.907. The molecular weight excluding hydrogens is 225 g/mol. The third kappa shape index (κ3) is 3.19. The van der Waals surface area contributed by atoms with Crippen LogP contribution in [0.5, 0.6) is 0 Å². The summed E-state index contributed by atoms with van der Waals surface area (Å²) in [5.74, 6) is 0.537. The van der Waals surface area contributed by atoms with Crippen LogP contribution in [0.4, 0.5) is 4.39 Å². The molecule has 3 heteroatoms. The number of halogens is 2. The van der Waals surface area contributed by atoms with Gasteiger partial charge in [0.05, 0.1) is 0 Å². The first-order valence-electron chi connectivity index (χ1n) is 5.54. The lowest BCUT2D eigenvalue weighted by Crippen LogP contribution is -2.26. The molecule has 0 saturated carbocycles. The van der Waals surface area contributed by atoms with E-state index in [1.807, 2.05) is 6.07 Å². The molecule has 1 unspecified atom stereocenters. The van der Waals surface area contributed by atoms with Crippen LogP contribution >= 0.6 is 11.6 Å². The zero-order valence-electron chi connectivity index (χ0n) is 10.1. The van der Waals surface area contributed by atoms with E-state index >= 15 is 0 Å². The van der Waals surface area contributed by atoms with Crippen LogP contribution in [0.3, 0.4) is 0 Å². The first kappa shape index (κ1) is 13.5. The van der Waals surface area contributed by atoms with Crippen LogP contribution in [0.25, 0.3) is 0 Å². The van der Waals surface area contributed by atoms with Gasteiger partial charge in [0.2, 0.25) is 0 Å². The van der Waals surface area contributed by atoms with Gasteiger partial charge in [-0.3, -0.25) is 0 Å². The van der Waals surface area contributed by atoms with Crippen LogP contribution in [0, 0.1) is 5.92 Å². The first-order chi connectivity index (χ1) is 7.36. The van der Waals surface area contributed by atoms with Gasteiger partial charge in [-0.15, -0.1) is 0 Å². The molecule has 1 nitrogen and oxygen atoms in total. The van der Waals surface area contributed by atoms with E-state index in [1.165, 1.54) is 6.92 Å². The van der Waals surface area contributed by atoms with Crippen LogP contribution in [-0.4, -0.2) is 6.54 Å². The van der Waals surface area contributed by atoms with Gasteiger partial charge in [-0.25, -0.2) is 4.39 Å². The number of alkyl halides is 1. The summed E-state index contributed by atoms with van der Waals surface area (Å²) in [4.78, 5) is 0. The normalized spacial score (nSPS) is 15.2. The van der Waals surface area contributed by atoms with Gasteiger partial charge in [-0.1, -0.05) is 37.6 Å². The largest absolute Gasteiger partial charge is 0.327 e. The number of hydrogen-bond acceptors (Lipinski definition) is 1. The van der Waals surface area contributed by atoms with E-state index in [4.69, 9.17) is 17.3 Å². The fraction of sp³-hybridized carbons (Fsp3) is 0.538. The maximum atomic E-state index is 13.9. The second-order valence-corrected chi connectivity index (χ2v) is 5.21. The number of rotatable bonds is 4. The standard InChI is InChI=1S/C13H19ClFN/c1-9(2)6-10-4-5-11(7-12(10)14)13(3,15)8-16/h4-5,7,9H,6,8,16H2,1-3H3. The van der Waals surface area contributed by atoms with Crippen LogP contribution in [0.2, 0.25) is 5.02 Å². The summed E-state index contributed by atoms with van der Waals surface area (Å²) in [5, 5.41) is 0.628. The van der Waals surface area contributed by atoms with Gasteiger partial charge in [0.1, 0.15) is 5.67 Å². The second-order valence-electron chi connectivity index (χ2n) is 4.81. The SMILES string of the molecule is CC(C)Cc1ccc(C(C)(F)CN)cc1Cl. The minimum absolute atomic E-state index is 0.0349. The summed E-state index contributed by atoms with van der Waals surface area (Å²) in [5.41, 5.74) is 5.50. The van der Waals surface area contributed by atoms with Crippen molar-refractivity contribution in [2.24, 2.45) is 11.7 Å². The summed E-state index contributed by atoms with van der Waals surface area (Å²) in [6, 6.07) is 5.35. The van der Waals surface area contributed by atoms with Crippen molar-refractivity contribution in [3.8, 4) is 0 Å². The fourth-order valence-corrected chi connectivity index (χ4v) is 1.85. The third-order valence-electron chi connectivity index (χ3n) is 2.67. The van der Waals surface area contributed by atoms with E-state index in [0.717, 1.165) is 12.0 Å². The molecule has 1 rings (SSSR count). The lowest BCUT2D eigenvalue weighted by molar-refractivity contribution is 0.203. The molecule has 0 fully saturated rings. The van der Waals surface area contributed by atoms with Gasteiger partial charge in [0.15, 0.2) is 0 Å². The highest BCUT2D eigenvalue weighted by Crippen LogP contribution is 2.29. The highest BCUT2D eigenvalue weighted by Gasteiger charge is 2.24. The van der Waals surface area contributed by atoms with E-state index in [9.17, 15) is 4.39 Å². The molecule has 1 aromatic carbocycles. The molecule has 0 aliphatic heterocycles. The average molecular weight is 244 g/mol. The topological polar surface area (TPSA) is 26.0 Å². The van der Waals surface area contributed by atoms with Gasteiger partial charge >= 0.3 is 0 Å². The monoisotopic (exact) mass is 243 g/mol. The molecule has 0 aliphatic rings. The van der Waals surface area contributed by atoms with E-state index < -0.39 is 5.67 Å². The van der Waals surface area contributed by atoms with Gasteiger partial charge in [-0.2, -0.15) is 0 Å². The molecule has 0 saturated heterocycles. The zero-order valence-corrected chi connectivity index (χ0v) is 10.8. The Morgan fingerprint density at radius 1 is 1.44 bits per heavy atom. The van der Waals surface area contributed by atoms with Crippen molar-refractivity contribution in [3.63, 3.8) is 0 Å². The molecule has 0 amide bonds. The Morgan fingerprint density at radius 2 is 2.06 bits per heavy atom. The lowest BCUT2D eigenvalue weighted by Gasteiger charge is -2.19. The van der Waals surface area contributed by atoms with Crippen LogP contribution in [0.15, 0.2) is 18.2 Å². The zero-order chi connectivity index (χ0) is 12.3. The molecule has 2 N–H and O–H groups in total. The molecule has 1 aromatic rings. The maximum Gasteiger partial charge on any atom is 0.145 e.